The molecule has 0 atom stereocenters. The van der Waals surface area contributed by atoms with Crippen molar-refractivity contribution in [2.45, 2.75) is 237 Å². The third-order valence-corrected chi connectivity index (χ3v) is 13.6. The molecular formula is C54H116N2O16P2Si. The van der Waals surface area contributed by atoms with E-state index in [4.69, 9.17) is 37.7 Å². The SMILES string of the molecule is C.C.C.C.CC(C)(C)CCCOP(=O)(O)O.CC(C)(C)CCCOP(=O)(O)O.CC(C)(C)ON1C(=O)CCC1=O.CCO[Si](CCCNC(=O)C(C)(C)C)(OCC)OCC.Cc1ccc(CCCC(C)(C)C)cc1O. The molecule has 21 heteroatoms. The van der Waals surface area contributed by atoms with E-state index < -0.39 is 30.1 Å². The van der Waals surface area contributed by atoms with Crippen molar-refractivity contribution in [3.8, 4) is 5.75 Å². The molecule has 6 N–H and O–H groups in total. The van der Waals surface area contributed by atoms with Gasteiger partial charge in [0.1, 0.15) is 5.75 Å². The number of hydrogen-bond acceptors (Lipinski definition) is 12. The average Bonchev–Trinajstić information content (AvgIpc) is 3.48. The number of nitrogens with one attached hydrogen (secondary N) is 1. The van der Waals surface area contributed by atoms with Crippen LogP contribution in [0.2, 0.25) is 6.04 Å². The number of rotatable bonds is 22. The fourth-order valence-corrected chi connectivity index (χ4v) is 9.26. The lowest BCUT2D eigenvalue weighted by molar-refractivity contribution is -0.218. The van der Waals surface area contributed by atoms with Crippen molar-refractivity contribution in [2.24, 2.45) is 21.7 Å². The van der Waals surface area contributed by atoms with Crippen molar-refractivity contribution in [3.63, 3.8) is 0 Å². The van der Waals surface area contributed by atoms with Crippen LogP contribution in [0.25, 0.3) is 0 Å². The van der Waals surface area contributed by atoms with Crippen LogP contribution in [-0.4, -0.2) is 101 Å². The number of phosphoric acid groups is 2. The largest absolute Gasteiger partial charge is 0.508 e. The van der Waals surface area contributed by atoms with Crippen molar-refractivity contribution in [1.29, 1.82) is 0 Å². The van der Waals surface area contributed by atoms with Gasteiger partial charge in [-0.1, -0.05) is 125 Å². The Balaban J connectivity index is -0.000000154. The number of aromatic hydroxyl groups is 1. The van der Waals surface area contributed by atoms with Gasteiger partial charge in [0.25, 0.3) is 11.8 Å². The Kier molecular flexibility index (Phi) is 47.4. The van der Waals surface area contributed by atoms with Crippen LogP contribution >= 0.6 is 15.6 Å². The van der Waals surface area contributed by atoms with Crippen LogP contribution in [0.5, 0.6) is 5.75 Å². The second-order valence-corrected chi connectivity index (χ2v) is 28.1. The predicted molar refractivity (Wildman–Crippen MR) is 310 cm³/mol. The zero-order valence-corrected chi connectivity index (χ0v) is 50.1. The molecule has 2 rings (SSSR count). The van der Waals surface area contributed by atoms with Gasteiger partial charge in [0, 0.05) is 50.7 Å². The Hall–Kier alpha value is -2.09. The molecule has 0 spiro atoms. The van der Waals surface area contributed by atoms with Crippen LogP contribution in [0.4, 0.5) is 0 Å². The molecule has 0 unspecified atom stereocenters. The summed E-state index contributed by atoms with van der Waals surface area (Å²) in [5.74, 6) is 0.00195. The standard InChI is InChI=1S/C14H31NO4Si.C14H22O.C8H13NO3.2C7H17O4P.4CH4/c1-7-17-20(18-8-2,19-9-3)12-10-11-15-13(16)14(4,5)6;1-11-7-8-12(10-13(11)15)6-5-9-14(2,3)4;1-8(2,3)12-9-6(10)4-5-7(9)11;2*1-7(2,3)5-4-6-11-12(8,9)10;;;;/h7-12H2,1-6H3,(H,15,16);7-8,10,15H,5-6,9H2,1-4H3;4-5H2,1-3H3;2*4-6H2,1-3H3,(H2,8,9,10);4*1H4. The fraction of sp³-hybridized carbons (Fsp3) is 0.833. The lowest BCUT2D eigenvalue weighted by atomic mass is 9.89. The number of phosphoric ester groups is 2. The topological polar surface area (TPSA) is 257 Å². The number of imide groups is 1. The maximum Gasteiger partial charge on any atom is 0.500 e. The molecule has 1 saturated heterocycles. The van der Waals surface area contributed by atoms with Crippen molar-refractivity contribution >= 4 is 42.2 Å². The smallest absolute Gasteiger partial charge is 0.500 e. The predicted octanol–water partition coefficient (Wildman–Crippen LogP) is 13.9. The normalized spacial score (nSPS) is 13.0. The van der Waals surface area contributed by atoms with Crippen molar-refractivity contribution in [2.75, 3.05) is 39.6 Å². The Bertz CT molecular complexity index is 1670. The zero-order chi connectivity index (χ0) is 56.1. The van der Waals surface area contributed by atoms with E-state index in [2.05, 4.69) is 82.7 Å². The maximum absolute atomic E-state index is 11.8. The van der Waals surface area contributed by atoms with Gasteiger partial charge in [-0.2, -0.15) is 5.06 Å². The highest BCUT2D eigenvalue weighted by atomic mass is 31.2. The number of aryl methyl sites for hydroxylation is 2. The molecule has 3 amide bonds. The van der Waals surface area contributed by atoms with Crippen LogP contribution in [0.1, 0.15) is 223 Å². The van der Waals surface area contributed by atoms with E-state index >= 15 is 0 Å². The molecule has 0 aromatic heterocycles. The monoisotopic (exact) mass is 1140 g/mol. The van der Waals surface area contributed by atoms with E-state index in [1.165, 1.54) is 18.4 Å². The molecule has 1 aromatic carbocycles. The lowest BCUT2D eigenvalue weighted by Crippen LogP contribution is -2.46. The molecule has 0 bridgehead atoms. The Labute approximate surface area is 459 Å². The molecule has 1 aliphatic rings. The Morgan fingerprint density at radius 1 is 0.640 bits per heavy atom. The van der Waals surface area contributed by atoms with Crippen LogP contribution in [-0.2, 0) is 57.1 Å². The number of nitrogens with zero attached hydrogens (tertiary/aromatic N) is 1. The van der Waals surface area contributed by atoms with Gasteiger partial charge in [-0.15, -0.1) is 0 Å². The third kappa shape index (κ3) is 55.0. The molecule has 452 valence electrons. The van der Waals surface area contributed by atoms with E-state index in [9.17, 15) is 28.6 Å². The van der Waals surface area contributed by atoms with Gasteiger partial charge in [0.2, 0.25) is 5.91 Å². The average molecular weight is 1140 g/mol. The quantitative estimate of drug-likeness (QED) is 0.0273. The van der Waals surface area contributed by atoms with Gasteiger partial charge in [0.05, 0.1) is 18.8 Å². The highest BCUT2D eigenvalue weighted by Crippen LogP contribution is 2.37. The minimum atomic E-state index is -4.25. The third-order valence-electron chi connectivity index (χ3n) is 9.42. The summed E-state index contributed by atoms with van der Waals surface area (Å²) in [4.78, 5) is 72.4. The van der Waals surface area contributed by atoms with Gasteiger partial charge in [-0.05, 0) is 133 Å². The van der Waals surface area contributed by atoms with Crippen LogP contribution in [0.3, 0.4) is 0 Å². The van der Waals surface area contributed by atoms with Crippen LogP contribution in [0, 0.1) is 28.6 Å². The van der Waals surface area contributed by atoms with E-state index in [0.29, 0.717) is 50.4 Å². The summed E-state index contributed by atoms with van der Waals surface area (Å²) in [6.07, 6.45) is 7.96. The minimum Gasteiger partial charge on any atom is -0.508 e. The number of hydroxylamine groups is 2. The van der Waals surface area contributed by atoms with E-state index in [0.717, 1.165) is 42.4 Å². The molecule has 1 fully saturated rings. The van der Waals surface area contributed by atoms with Gasteiger partial charge in [0.15, 0.2) is 0 Å². The Morgan fingerprint density at radius 3 is 1.32 bits per heavy atom. The summed E-state index contributed by atoms with van der Waals surface area (Å²) >= 11 is 0. The van der Waals surface area contributed by atoms with Gasteiger partial charge in [-0.3, -0.25) is 28.3 Å². The number of benzene rings is 1. The van der Waals surface area contributed by atoms with Gasteiger partial charge in [-0.25, -0.2) is 9.13 Å². The molecule has 18 nitrogen and oxygen atoms in total. The number of amides is 3. The second-order valence-electron chi connectivity index (χ2n) is 22.9. The molecule has 0 aliphatic carbocycles. The number of phenolic OH excluding ortho intramolecular Hbond substituents is 1. The highest BCUT2D eigenvalue weighted by molar-refractivity contribution is 7.46. The molecule has 1 heterocycles. The van der Waals surface area contributed by atoms with Crippen LogP contribution < -0.4 is 5.32 Å². The number of carbonyl (C=O) groups is 3. The van der Waals surface area contributed by atoms with Gasteiger partial charge < -0.3 is 43.3 Å². The van der Waals surface area contributed by atoms with Gasteiger partial charge >= 0.3 is 24.4 Å². The highest BCUT2D eigenvalue weighted by Gasteiger charge is 2.40. The van der Waals surface area contributed by atoms with Crippen molar-refractivity contribution in [3.05, 3.63) is 29.3 Å². The fourth-order valence-electron chi connectivity index (χ4n) is 5.91. The summed E-state index contributed by atoms with van der Waals surface area (Å²) in [7, 11) is -11.1. The number of phenols is 1. The molecule has 1 aliphatic heterocycles. The summed E-state index contributed by atoms with van der Waals surface area (Å²) in [5, 5.41) is 13.4. The second kappa shape index (κ2) is 41.0. The first-order chi connectivity index (χ1) is 32.0. The first kappa shape index (κ1) is 86.8. The minimum absolute atomic E-state index is 0. The van der Waals surface area contributed by atoms with Crippen LogP contribution in [0.15, 0.2) is 18.2 Å². The van der Waals surface area contributed by atoms with E-state index in [1.54, 1.807) is 20.8 Å². The summed E-state index contributed by atoms with van der Waals surface area (Å²) in [6, 6.07) is 6.71. The zero-order valence-electron chi connectivity index (χ0n) is 47.3. The van der Waals surface area contributed by atoms with Crippen molar-refractivity contribution in [1.82, 2.24) is 10.4 Å². The molecule has 0 saturated carbocycles. The molecule has 75 heavy (non-hydrogen) atoms. The lowest BCUT2D eigenvalue weighted by Gasteiger charge is -2.28. The molecule has 0 radical (unpaired) electrons. The summed E-state index contributed by atoms with van der Waals surface area (Å²) in [6.45, 7) is 40.7. The number of carbonyl (C=O) groups excluding carboxylic acids is 3. The summed E-state index contributed by atoms with van der Waals surface area (Å²) in [5.41, 5.74) is 2.14. The van der Waals surface area contributed by atoms with E-state index in [-0.39, 0.29) is 89.7 Å². The molecule has 1 aromatic rings. The van der Waals surface area contributed by atoms with E-state index in [1.807, 2.05) is 60.6 Å². The van der Waals surface area contributed by atoms with Crippen molar-refractivity contribution < 1.29 is 75.4 Å². The summed E-state index contributed by atoms with van der Waals surface area (Å²) < 4.78 is 46.3. The maximum atomic E-state index is 11.8. The first-order valence-corrected chi connectivity index (χ1v) is 29.9. The molecular weight excluding hydrogens is 1020 g/mol. The number of hydrogen-bond donors (Lipinski definition) is 6. The first-order valence-electron chi connectivity index (χ1n) is 24.9. The Morgan fingerprint density at radius 2 is 1.01 bits per heavy atom.